The molecule has 0 saturated carbocycles. The average Bonchev–Trinajstić information content (AvgIpc) is 2.79. The van der Waals surface area contributed by atoms with Crippen LogP contribution in [0.15, 0.2) is 34.7 Å². The quantitative estimate of drug-likeness (QED) is 0.727. The highest BCUT2D eigenvalue weighted by atomic mass is 32.2. The Morgan fingerprint density at radius 3 is 2.84 bits per heavy atom. The van der Waals surface area contributed by atoms with Crippen molar-refractivity contribution in [3.63, 3.8) is 0 Å². The van der Waals surface area contributed by atoms with E-state index < -0.39 is 0 Å². The number of aromatic nitrogens is 6. The van der Waals surface area contributed by atoms with Gasteiger partial charge in [0, 0.05) is 18.9 Å². The summed E-state index contributed by atoms with van der Waals surface area (Å²) >= 11 is 1.48. The summed E-state index contributed by atoms with van der Waals surface area (Å²) in [5.74, 6) is 0.908. The van der Waals surface area contributed by atoms with E-state index in [1.54, 1.807) is 12.4 Å². The first kappa shape index (κ1) is 12.0. The molecule has 3 rings (SSSR count). The van der Waals surface area contributed by atoms with Gasteiger partial charge in [0.25, 0.3) is 0 Å². The molecule has 7 heteroatoms. The van der Waals surface area contributed by atoms with Gasteiger partial charge in [-0.2, -0.15) is 0 Å². The van der Waals surface area contributed by atoms with Crippen LogP contribution >= 0.6 is 11.8 Å². The van der Waals surface area contributed by atoms with Crippen LogP contribution in [0.3, 0.4) is 0 Å². The molecule has 0 spiro atoms. The van der Waals surface area contributed by atoms with Gasteiger partial charge in [-0.05, 0) is 37.7 Å². The summed E-state index contributed by atoms with van der Waals surface area (Å²) in [6, 6.07) is 3.84. The minimum Gasteiger partial charge on any atom is -0.306 e. The Kier molecular flexibility index (Phi) is 3.12. The Morgan fingerprint density at radius 2 is 2.00 bits per heavy atom. The standard InChI is InChI=1S/C12H12N6S/c1-3-18-8(2)16-17-12(18)19-10-5-4-9-11(15-10)14-7-6-13-9/h4-7H,3H2,1-2H3. The lowest BCUT2D eigenvalue weighted by atomic mass is 10.4. The molecule has 0 aliphatic rings. The molecular formula is C12H12N6S. The maximum Gasteiger partial charge on any atom is 0.197 e. The Labute approximate surface area is 114 Å². The molecule has 3 aromatic rings. The summed E-state index contributed by atoms with van der Waals surface area (Å²) in [4.78, 5) is 12.9. The second-order valence-electron chi connectivity index (χ2n) is 3.92. The molecule has 0 saturated heterocycles. The lowest BCUT2D eigenvalue weighted by Crippen LogP contribution is -1.99. The van der Waals surface area contributed by atoms with Crippen LogP contribution in [-0.2, 0) is 6.54 Å². The molecule has 0 aliphatic carbocycles. The van der Waals surface area contributed by atoms with Crippen LogP contribution in [0.25, 0.3) is 11.2 Å². The van der Waals surface area contributed by atoms with Crippen molar-refractivity contribution in [2.24, 2.45) is 0 Å². The van der Waals surface area contributed by atoms with Gasteiger partial charge in [0.05, 0.1) is 0 Å². The van der Waals surface area contributed by atoms with Crippen LogP contribution in [0.5, 0.6) is 0 Å². The fourth-order valence-electron chi connectivity index (χ4n) is 1.79. The molecule has 0 fully saturated rings. The van der Waals surface area contributed by atoms with Crippen LogP contribution in [0.1, 0.15) is 12.7 Å². The normalized spacial score (nSPS) is 11.1. The molecule has 0 radical (unpaired) electrons. The van der Waals surface area contributed by atoms with Crippen LogP contribution in [0.2, 0.25) is 0 Å². The van der Waals surface area contributed by atoms with Crippen molar-refractivity contribution < 1.29 is 0 Å². The fraction of sp³-hybridized carbons (Fsp3) is 0.250. The van der Waals surface area contributed by atoms with Crippen LogP contribution in [0, 0.1) is 6.92 Å². The van der Waals surface area contributed by atoms with Crippen LogP contribution < -0.4 is 0 Å². The average molecular weight is 272 g/mol. The fourth-order valence-corrected chi connectivity index (χ4v) is 2.70. The summed E-state index contributed by atoms with van der Waals surface area (Å²) in [5, 5.41) is 9.93. The number of hydrogen-bond donors (Lipinski definition) is 0. The van der Waals surface area contributed by atoms with Gasteiger partial charge in [-0.25, -0.2) is 9.97 Å². The predicted molar refractivity (Wildman–Crippen MR) is 71.9 cm³/mol. The molecular weight excluding hydrogens is 260 g/mol. The van der Waals surface area contributed by atoms with Gasteiger partial charge >= 0.3 is 0 Å². The number of nitrogens with zero attached hydrogens (tertiary/aromatic N) is 6. The molecule has 0 aromatic carbocycles. The summed E-state index contributed by atoms with van der Waals surface area (Å²) in [7, 11) is 0. The molecule has 0 atom stereocenters. The molecule has 0 amide bonds. The summed E-state index contributed by atoms with van der Waals surface area (Å²) < 4.78 is 2.05. The van der Waals surface area contributed by atoms with Gasteiger partial charge in [0.1, 0.15) is 16.4 Å². The first-order valence-electron chi connectivity index (χ1n) is 5.93. The van der Waals surface area contributed by atoms with Gasteiger partial charge in [0.15, 0.2) is 10.8 Å². The van der Waals surface area contributed by atoms with Gasteiger partial charge in [-0.3, -0.25) is 4.98 Å². The first-order valence-corrected chi connectivity index (χ1v) is 6.75. The Bertz CT molecular complexity index is 723. The maximum absolute atomic E-state index is 4.46. The van der Waals surface area contributed by atoms with E-state index in [1.807, 2.05) is 23.6 Å². The van der Waals surface area contributed by atoms with Gasteiger partial charge in [-0.15, -0.1) is 10.2 Å². The van der Waals surface area contributed by atoms with Crippen molar-refractivity contribution in [1.82, 2.24) is 29.7 Å². The zero-order valence-corrected chi connectivity index (χ0v) is 11.4. The van der Waals surface area contributed by atoms with Crippen LogP contribution in [0.4, 0.5) is 0 Å². The molecule has 0 aliphatic heterocycles. The summed E-state index contributed by atoms with van der Waals surface area (Å²) in [5.41, 5.74) is 1.44. The number of aryl methyl sites for hydroxylation is 1. The van der Waals surface area contributed by atoms with Crippen molar-refractivity contribution in [1.29, 1.82) is 0 Å². The number of hydrogen-bond acceptors (Lipinski definition) is 6. The highest BCUT2D eigenvalue weighted by Gasteiger charge is 2.10. The molecule has 6 nitrogen and oxygen atoms in total. The SMILES string of the molecule is CCn1c(C)nnc1Sc1ccc2nccnc2n1. The molecule has 96 valence electrons. The molecule has 3 heterocycles. The number of rotatable bonds is 3. The summed E-state index contributed by atoms with van der Waals surface area (Å²) in [6.07, 6.45) is 3.30. The highest BCUT2D eigenvalue weighted by Crippen LogP contribution is 2.25. The third-order valence-corrected chi connectivity index (χ3v) is 3.64. The monoisotopic (exact) mass is 272 g/mol. The second kappa shape index (κ2) is 4.93. The van der Waals surface area contributed by atoms with E-state index in [4.69, 9.17) is 0 Å². The van der Waals surface area contributed by atoms with E-state index in [2.05, 4.69) is 32.1 Å². The summed E-state index contributed by atoms with van der Waals surface area (Å²) in [6.45, 7) is 4.86. The molecule has 19 heavy (non-hydrogen) atoms. The van der Waals surface area contributed by atoms with E-state index in [9.17, 15) is 0 Å². The predicted octanol–water partition coefficient (Wildman–Crippen LogP) is 2.10. The first-order chi connectivity index (χ1) is 9.28. The third kappa shape index (κ3) is 2.28. The maximum atomic E-state index is 4.46. The molecule has 3 aromatic heterocycles. The smallest absolute Gasteiger partial charge is 0.197 e. The lowest BCUT2D eigenvalue weighted by molar-refractivity contribution is 0.661. The zero-order valence-electron chi connectivity index (χ0n) is 10.6. The Balaban J connectivity index is 1.96. The van der Waals surface area contributed by atoms with E-state index in [1.165, 1.54) is 11.8 Å². The second-order valence-corrected chi connectivity index (χ2v) is 4.91. The topological polar surface area (TPSA) is 69.4 Å². The van der Waals surface area contributed by atoms with Crippen LogP contribution in [-0.4, -0.2) is 29.7 Å². The molecule has 0 N–H and O–H groups in total. The van der Waals surface area contributed by atoms with Gasteiger partial charge < -0.3 is 4.57 Å². The van der Waals surface area contributed by atoms with E-state index in [0.29, 0.717) is 5.65 Å². The molecule has 0 unspecified atom stereocenters. The van der Waals surface area contributed by atoms with E-state index in [0.717, 1.165) is 28.1 Å². The van der Waals surface area contributed by atoms with Gasteiger partial charge in [-0.1, -0.05) is 0 Å². The van der Waals surface area contributed by atoms with Crippen molar-refractivity contribution in [2.45, 2.75) is 30.6 Å². The number of fused-ring (bicyclic) bond motifs is 1. The minimum atomic E-state index is 0.645. The van der Waals surface area contributed by atoms with E-state index in [-0.39, 0.29) is 0 Å². The van der Waals surface area contributed by atoms with Crippen molar-refractivity contribution in [3.8, 4) is 0 Å². The Morgan fingerprint density at radius 1 is 1.16 bits per heavy atom. The van der Waals surface area contributed by atoms with E-state index >= 15 is 0 Å². The largest absolute Gasteiger partial charge is 0.306 e. The third-order valence-electron chi connectivity index (χ3n) is 2.72. The van der Waals surface area contributed by atoms with Gasteiger partial charge in [0.2, 0.25) is 0 Å². The lowest BCUT2D eigenvalue weighted by Gasteiger charge is -2.04. The van der Waals surface area contributed by atoms with Crippen molar-refractivity contribution in [2.75, 3.05) is 0 Å². The molecule has 0 bridgehead atoms. The highest BCUT2D eigenvalue weighted by molar-refractivity contribution is 7.99. The number of pyridine rings is 1. The minimum absolute atomic E-state index is 0.645. The van der Waals surface area contributed by atoms with Crippen molar-refractivity contribution >= 4 is 22.9 Å². The van der Waals surface area contributed by atoms with Crippen molar-refractivity contribution in [3.05, 3.63) is 30.4 Å². The Hall–Kier alpha value is -2.02. The zero-order chi connectivity index (χ0) is 13.2.